The SMILES string of the molecule is O=C1[C@H]2C=C[C@H]([C@H]3[C@@H]2C=CC32CCCC2)[C@@]1(O)CCl. The molecule has 102 valence electrons. The molecule has 5 atom stereocenters. The van der Waals surface area contributed by atoms with E-state index in [9.17, 15) is 9.90 Å². The first kappa shape index (κ1) is 12.2. The molecule has 3 heteroatoms. The van der Waals surface area contributed by atoms with E-state index in [-0.39, 0.29) is 28.9 Å². The molecule has 5 aliphatic rings. The summed E-state index contributed by atoms with van der Waals surface area (Å²) in [5.41, 5.74) is -1.11. The Balaban J connectivity index is 1.82. The van der Waals surface area contributed by atoms with Crippen LogP contribution in [0.3, 0.4) is 0 Å². The van der Waals surface area contributed by atoms with Crippen LogP contribution in [0.1, 0.15) is 25.7 Å². The molecule has 2 nitrogen and oxygen atoms in total. The summed E-state index contributed by atoms with van der Waals surface area (Å²) in [6.45, 7) is 0. The van der Waals surface area contributed by atoms with Gasteiger partial charge in [-0.05, 0) is 30.1 Å². The van der Waals surface area contributed by atoms with E-state index >= 15 is 0 Å². The van der Waals surface area contributed by atoms with E-state index in [1.165, 1.54) is 25.7 Å². The summed E-state index contributed by atoms with van der Waals surface area (Å²) >= 11 is 5.97. The predicted molar refractivity (Wildman–Crippen MR) is 73.8 cm³/mol. The fraction of sp³-hybridized carbons (Fsp3) is 0.688. The molecule has 1 N–H and O–H groups in total. The zero-order valence-electron chi connectivity index (χ0n) is 10.9. The van der Waals surface area contributed by atoms with Gasteiger partial charge in [-0.3, -0.25) is 4.79 Å². The van der Waals surface area contributed by atoms with Crippen LogP contribution in [0.25, 0.3) is 0 Å². The summed E-state index contributed by atoms with van der Waals surface area (Å²) in [6, 6.07) is 0. The lowest BCUT2D eigenvalue weighted by Gasteiger charge is -2.53. The molecule has 2 fully saturated rings. The monoisotopic (exact) mass is 278 g/mol. The van der Waals surface area contributed by atoms with Crippen LogP contribution in [0.5, 0.6) is 0 Å². The second-order valence-corrected chi connectivity index (χ2v) is 7.03. The van der Waals surface area contributed by atoms with Gasteiger partial charge in [-0.1, -0.05) is 37.1 Å². The fourth-order valence-corrected chi connectivity index (χ4v) is 5.51. The lowest BCUT2D eigenvalue weighted by atomic mass is 9.51. The highest BCUT2D eigenvalue weighted by Crippen LogP contribution is 2.63. The maximum absolute atomic E-state index is 12.5. The van der Waals surface area contributed by atoms with E-state index in [0.717, 1.165) is 0 Å². The van der Waals surface area contributed by atoms with Crippen molar-refractivity contribution in [2.45, 2.75) is 31.3 Å². The summed E-state index contributed by atoms with van der Waals surface area (Å²) in [5.74, 6) is 0.387. The molecule has 0 unspecified atom stereocenters. The van der Waals surface area contributed by atoms with Gasteiger partial charge in [0.05, 0.1) is 5.88 Å². The number of ketones is 1. The number of halogens is 1. The highest BCUT2D eigenvalue weighted by molar-refractivity contribution is 6.21. The second-order valence-electron chi connectivity index (χ2n) is 6.76. The van der Waals surface area contributed by atoms with Crippen molar-refractivity contribution in [2.24, 2.45) is 29.1 Å². The summed E-state index contributed by atoms with van der Waals surface area (Å²) < 4.78 is 0. The quantitative estimate of drug-likeness (QED) is 0.591. The van der Waals surface area contributed by atoms with Gasteiger partial charge in [0, 0.05) is 11.8 Å². The smallest absolute Gasteiger partial charge is 0.173 e. The van der Waals surface area contributed by atoms with Crippen LogP contribution >= 0.6 is 11.6 Å². The van der Waals surface area contributed by atoms with Crippen LogP contribution < -0.4 is 0 Å². The van der Waals surface area contributed by atoms with Gasteiger partial charge in [0.15, 0.2) is 5.78 Å². The maximum Gasteiger partial charge on any atom is 0.173 e. The van der Waals surface area contributed by atoms with Crippen molar-refractivity contribution in [1.82, 2.24) is 0 Å². The first-order valence-electron chi connectivity index (χ1n) is 7.33. The minimum Gasteiger partial charge on any atom is -0.380 e. The van der Waals surface area contributed by atoms with E-state index in [1.54, 1.807) is 0 Å². The molecule has 0 aromatic rings. The summed E-state index contributed by atoms with van der Waals surface area (Å²) in [6.07, 6.45) is 13.6. The van der Waals surface area contributed by atoms with Gasteiger partial charge in [-0.25, -0.2) is 0 Å². The van der Waals surface area contributed by atoms with Gasteiger partial charge >= 0.3 is 0 Å². The number of aliphatic hydroxyl groups is 1. The Bertz CT molecular complexity index is 489. The third-order valence-corrected chi connectivity index (χ3v) is 6.48. The topological polar surface area (TPSA) is 37.3 Å². The van der Waals surface area contributed by atoms with Crippen LogP contribution in [-0.4, -0.2) is 22.4 Å². The molecule has 0 aromatic carbocycles. The molecule has 0 aliphatic heterocycles. The van der Waals surface area contributed by atoms with Crippen molar-refractivity contribution in [1.29, 1.82) is 0 Å². The summed E-state index contributed by atoms with van der Waals surface area (Å²) in [5, 5.41) is 10.8. The lowest BCUT2D eigenvalue weighted by molar-refractivity contribution is -0.159. The number of rotatable bonds is 1. The first-order valence-corrected chi connectivity index (χ1v) is 7.86. The van der Waals surface area contributed by atoms with Crippen LogP contribution in [0, 0.1) is 29.1 Å². The van der Waals surface area contributed by atoms with E-state index in [1.807, 2.05) is 6.08 Å². The van der Waals surface area contributed by atoms with Gasteiger partial charge in [0.1, 0.15) is 5.60 Å². The molecule has 5 rings (SSSR count). The second kappa shape index (κ2) is 3.73. The minimum absolute atomic E-state index is 0.0244. The van der Waals surface area contributed by atoms with E-state index in [4.69, 9.17) is 11.6 Å². The number of carbonyl (C=O) groups excluding carboxylic acids is 1. The Kier molecular flexibility index (Phi) is 2.39. The normalized spacial score (nSPS) is 49.3. The van der Waals surface area contributed by atoms with Crippen molar-refractivity contribution in [3.63, 3.8) is 0 Å². The van der Waals surface area contributed by atoms with E-state index < -0.39 is 5.60 Å². The molecule has 0 amide bonds. The molecule has 0 radical (unpaired) electrons. The number of hydrogen-bond donors (Lipinski definition) is 1. The zero-order valence-corrected chi connectivity index (χ0v) is 11.6. The van der Waals surface area contributed by atoms with Crippen molar-refractivity contribution < 1.29 is 9.90 Å². The number of fused-ring (bicyclic) bond motifs is 1. The van der Waals surface area contributed by atoms with Gasteiger partial charge in [0.2, 0.25) is 0 Å². The zero-order chi connectivity index (χ0) is 13.3. The van der Waals surface area contributed by atoms with E-state index in [2.05, 4.69) is 18.2 Å². The van der Waals surface area contributed by atoms with Crippen LogP contribution in [0.15, 0.2) is 24.3 Å². The molecule has 2 saturated carbocycles. The summed E-state index contributed by atoms with van der Waals surface area (Å²) in [7, 11) is 0. The third-order valence-electron chi connectivity index (χ3n) is 6.08. The Morgan fingerprint density at radius 3 is 2.68 bits per heavy atom. The third kappa shape index (κ3) is 1.30. The number of Topliss-reactive ketones (excluding diaryl/α,β-unsaturated/α-hetero) is 1. The molecule has 0 aromatic heterocycles. The Hall–Kier alpha value is -0.600. The molecule has 19 heavy (non-hydrogen) atoms. The number of alkyl halides is 1. The molecule has 0 saturated heterocycles. The molecule has 2 bridgehead atoms. The molecule has 0 heterocycles. The highest BCUT2D eigenvalue weighted by atomic mass is 35.5. The standard InChI is InChI=1S/C16H19ClO2/c17-9-16(19)12-4-3-11(14(16)18)10-5-8-15(13(10)12)6-1-2-7-15/h3-5,8,10-13,19H,1-2,6-7,9H2/t10-,11+,12-,13-,16+/m1/s1. The van der Waals surface area contributed by atoms with Crippen LogP contribution in [0.4, 0.5) is 0 Å². The Labute approximate surface area is 118 Å². The maximum atomic E-state index is 12.5. The van der Waals surface area contributed by atoms with E-state index in [0.29, 0.717) is 11.8 Å². The van der Waals surface area contributed by atoms with Gasteiger partial charge in [-0.15, -0.1) is 11.6 Å². The minimum atomic E-state index is -1.33. The molecular weight excluding hydrogens is 260 g/mol. The number of carbonyl (C=O) groups is 1. The van der Waals surface area contributed by atoms with Crippen molar-refractivity contribution in [3.05, 3.63) is 24.3 Å². The predicted octanol–water partition coefficient (Wildman–Crippen LogP) is 2.70. The Morgan fingerprint density at radius 1 is 1.26 bits per heavy atom. The number of allylic oxidation sites excluding steroid dienone is 3. The van der Waals surface area contributed by atoms with Gasteiger partial charge in [0.25, 0.3) is 0 Å². The summed E-state index contributed by atoms with van der Waals surface area (Å²) in [4.78, 5) is 12.5. The van der Waals surface area contributed by atoms with Crippen molar-refractivity contribution in [3.8, 4) is 0 Å². The van der Waals surface area contributed by atoms with Gasteiger partial charge < -0.3 is 5.11 Å². The Morgan fingerprint density at radius 2 is 2.00 bits per heavy atom. The first-order chi connectivity index (χ1) is 9.12. The fourth-order valence-electron chi connectivity index (χ4n) is 5.20. The van der Waals surface area contributed by atoms with Crippen molar-refractivity contribution >= 4 is 17.4 Å². The van der Waals surface area contributed by atoms with Gasteiger partial charge in [-0.2, -0.15) is 0 Å². The van der Waals surface area contributed by atoms with Crippen LogP contribution in [-0.2, 0) is 4.79 Å². The largest absolute Gasteiger partial charge is 0.380 e. The highest BCUT2D eigenvalue weighted by Gasteiger charge is 2.64. The van der Waals surface area contributed by atoms with Crippen molar-refractivity contribution in [2.75, 3.05) is 5.88 Å². The molecule has 5 aliphatic carbocycles. The molecular formula is C16H19ClO2. The lowest BCUT2D eigenvalue weighted by Crippen LogP contribution is -2.62. The van der Waals surface area contributed by atoms with Crippen LogP contribution in [0.2, 0.25) is 0 Å². The molecule has 1 spiro atoms. The average molecular weight is 279 g/mol. The number of hydrogen-bond acceptors (Lipinski definition) is 2. The average Bonchev–Trinajstić information content (AvgIpc) is 3.05.